The molecule has 3 N–H and O–H groups in total. The Morgan fingerprint density at radius 3 is 2.00 bits per heavy atom. The third-order valence-electron chi connectivity index (χ3n) is 9.39. The molecule has 6 nitrogen and oxygen atoms in total. The van der Waals surface area contributed by atoms with Gasteiger partial charge in [-0.25, -0.2) is 0 Å². The number of benzene rings is 4. The second-order valence-electron chi connectivity index (χ2n) is 12.5. The second-order valence-corrected chi connectivity index (χ2v) is 14.2. The number of unbranched alkanes of at least 4 members (excludes halogenated alkanes) is 1. The van der Waals surface area contributed by atoms with Gasteiger partial charge < -0.3 is 20.4 Å². The monoisotopic (exact) mass is 708 g/mol. The number of halogens is 4. The first-order chi connectivity index (χ1) is 22.7. The van der Waals surface area contributed by atoms with Crippen molar-refractivity contribution < 1.29 is 0 Å². The number of nitrogens with zero attached hydrogens (tertiary/aromatic N) is 4. The Hall–Kier alpha value is -3.16. The summed E-state index contributed by atoms with van der Waals surface area (Å²) in [4.78, 5) is 11.3. The molecule has 1 saturated heterocycles. The molecule has 0 amide bonds. The Kier molecular flexibility index (Phi) is 11.0. The average molecular weight is 711 g/mol. The number of nitrogens with two attached hydrogens (primary N) is 1. The van der Waals surface area contributed by atoms with Crippen LogP contribution < -0.4 is 5.73 Å². The third-order valence-corrected chi connectivity index (χ3v) is 10.9. The minimum atomic E-state index is 0.214. The van der Waals surface area contributed by atoms with E-state index in [0.29, 0.717) is 38.1 Å². The van der Waals surface area contributed by atoms with Crippen molar-refractivity contribution in [3.05, 3.63) is 116 Å². The van der Waals surface area contributed by atoms with E-state index in [4.69, 9.17) is 52.1 Å². The molecule has 6 rings (SSSR count). The lowest BCUT2D eigenvalue weighted by molar-refractivity contribution is 0.312. The molecule has 2 aliphatic rings. The van der Waals surface area contributed by atoms with Crippen molar-refractivity contribution in [1.29, 1.82) is 5.41 Å². The Morgan fingerprint density at radius 1 is 0.681 bits per heavy atom. The molecule has 47 heavy (non-hydrogen) atoms. The summed E-state index contributed by atoms with van der Waals surface area (Å²) in [5.41, 5.74) is 9.84. The fourth-order valence-electron chi connectivity index (χ4n) is 6.78. The second kappa shape index (κ2) is 15.4. The van der Waals surface area contributed by atoms with E-state index in [0.717, 1.165) is 82.4 Å². The molecule has 2 aliphatic heterocycles. The van der Waals surface area contributed by atoms with E-state index in [2.05, 4.69) is 62.2 Å². The Bertz CT molecular complexity index is 1760. The summed E-state index contributed by atoms with van der Waals surface area (Å²) in [7, 11) is 0. The number of rotatable bonds is 13. The van der Waals surface area contributed by atoms with Crippen LogP contribution in [-0.2, 0) is 19.3 Å². The normalized spacial score (nSPS) is 18.1. The summed E-state index contributed by atoms with van der Waals surface area (Å²) in [6.07, 6.45) is 5.56. The summed E-state index contributed by atoms with van der Waals surface area (Å²) >= 11 is 24.8. The van der Waals surface area contributed by atoms with Gasteiger partial charge in [-0.3, -0.25) is 10.4 Å². The maximum Gasteiger partial charge on any atom is 0.194 e. The molecule has 0 aromatic heterocycles. The predicted octanol–water partition coefficient (Wildman–Crippen LogP) is 8.57. The highest BCUT2D eigenvalue weighted by atomic mass is 35.5. The zero-order valence-corrected chi connectivity index (χ0v) is 29.3. The molecule has 246 valence electrons. The lowest BCUT2D eigenvalue weighted by atomic mass is 10.0. The summed E-state index contributed by atoms with van der Waals surface area (Å²) in [6.45, 7) is 3.95. The largest absolute Gasteiger partial charge is 0.370 e. The summed E-state index contributed by atoms with van der Waals surface area (Å²) in [6, 6.07) is 27.3. The van der Waals surface area contributed by atoms with Crippen molar-refractivity contribution in [2.45, 2.75) is 50.6 Å². The SMILES string of the molecule is N=C1N(CCCC[C@H]2CN=C(N)N2CCc2ccc(Cl)c(Cl)c2)C[C@@H](Cc2ccc3ccccc3c2)N1CCc1ccc(Cl)c(Cl)c1. The van der Waals surface area contributed by atoms with E-state index in [1.165, 1.54) is 16.3 Å². The van der Waals surface area contributed by atoms with Crippen LogP contribution in [0.3, 0.4) is 0 Å². The van der Waals surface area contributed by atoms with Gasteiger partial charge in [0, 0.05) is 26.2 Å². The van der Waals surface area contributed by atoms with Gasteiger partial charge in [-0.15, -0.1) is 0 Å². The van der Waals surface area contributed by atoms with Gasteiger partial charge in [-0.1, -0.05) is 101 Å². The molecule has 0 radical (unpaired) electrons. The average Bonchev–Trinajstić information content (AvgIpc) is 3.57. The highest BCUT2D eigenvalue weighted by Gasteiger charge is 2.34. The van der Waals surface area contributed by atoms with Gasteiger partial charge in [0.25, 0.3) is 0 Å². The summed E-state index contributed by atoms with van der Waals surface area (Å²) in [5.74, 6) is 1.22. The van der Waals surface area contributed by atoms with E-state index in [-0.39, 0.29) is 6.04 Å². The first-order valence-corrected chi connectivity index (χ1v) is 17.8. The molecular weight excluding hydrogens is 670 g/mol. The number of hydrogen-bond acceptors (Lipinski definition) is 4. The van der Waals surface area contributed by atoms with Crippen molar-refractivity contribution in [1.82, 2.24) is 14.7 Å². The first kappa shape index (κ1) is 33.7. The lowest BCUT2D eigenvalue weighted by Crippen LogP contribution is -2.42. The molecule has 1 fully saturated rings. The Morgan fingerprint density at radius 2 is 1.32 bits per heavy atom. The molecule has 10 heteroatoms. The number of aliphatic imine (C=N–C) groups is 1. The van der Waals surface area contributed by atoms with Crippen LogP contribution in [0.5, 0.6) is 0 Å². The van der Waals surface area contributed by atoms with Gasteiger partial charge >= 0.3 is 0 Å². The van der Waals surface area contributed by atoms with E-state index in [9.17, 15) is 5.41 Å². The quantitative estimate of drug-likeness (QED) is 0.137. The van der Waals surface area contributed by atoms with Gasteiger partial charge in [0.15, 0.2) is 11.9 Å². The lowest BCUT2D eigenvalue weighted by Gasteiger charge is -2.27. The number of guanidine groups is 2. The highest BCUT2D eigenvalue weighted by Crippen LogP contribution is 2.27. The fourth-order valence-corrected chi connectivity index (χ4v) is 7.43. The summed E-state index contributed by atoms with van der Waals surface area (Å²) < 4.78 is 0. The van der Waals surface area contributed by atoms with Crippen LogP contribution in [-0.4, -0.2) is 71.4 Å². The first-order valence-electron chi connectivity index (χ1n) is 16.3. The molecule has 4 aromatic carbocycles. The molecule has 2 heterocycles. The topological polar surface area (TPSA) is 71.9 Å². The zero-order valence-electron chi connectivity index (χ0n) is 26.3. The van der Waals surface area contributed by atoms with Crippen LogP contribution in [0.1, 0.15) is 36.0 Å². The van der Waals surface area contributed by atoms with Crippen LogP contribution in [0, 0.1) is 5.41 Å². The minimum Gasteiger partial charge on any atom is -0.370 e. The third kappa shape index (κ3) is 8.29. The summed E-state index contributed by atoms with van der Waals surface area (Å²) in [5, 5.41) is 14.0. The number of hydrogen-bond donors (Lipinski definition) is 2. The molecule has 0 bridgehead atoms. The smallest absolute Gasteiger partial charge is 0.194 e. The van der Waals surface area contributed by atoms with Gasteiger partial charge in [0.05, 0.1) is 38.7 Å². The molecule has 2 atom stereocenters. The van der Waals surface area contributed by atoms with Crippen LogP contribution >= 0.6 is 46.4 Å². The zero-order chi connectivity index (χ0) is 32.9. The van der Waals surface area contributed by atoms with Crippen molar-refractivity contribution >= 4 is 69.1 Å². The fraction of sp³-hybridized carbons (Fsp3) is 0.351. The van der Waals surface area contributed by atoms with E-state index >= 15 is 0 Å². The molecular formula is C37H40Cl4N6. The van der Waals surface area contributed by atoms with E-state index in [1.807, 2.05) is 36.4 Å². The Balaban J connectivity index is 1.05. The minimum absolute atomic E-state index is 0.214. The van der Waals surface area contributed by atoms with Crippen LogP contribution in [0.25, 0.3) is 10.8 Å². The standard InChI is InChI=1S/C37H40Cl4N6/c38-32-12-9-25(21-34(32)40)14-17-46-30(23-44-36(46)42)7-3-4-16-45-24-31(20-27-8-11-28-5-1-2-6-29(28)19-27)47(37(45)43)18-15-26-10-13-33(39)35(41)22-26/h1-2,5-6,8-13,19,21-22,30-31,43H,3-4,7,14-18,20,23-24H2,(H2,42,44)/t30-,31+/m0/s1. The van der Waals surface area contributed by atoms with Gasteiger partial charge in [-0.05, 0) is 90.3 Å². The van der Waals surface area contributed by atoms with Crippen molar-refractivity contribution in [3.63, 3.8) is 0 Å². The van der Waals surface area contributed by atoms with Crippen molar-refractivity contribution in [2.24, 2.45) is 10.7 Å². The maximum atomic E-state index is 9.20. The van der Waals surface area contributed by atoms with Crippen LogP contribution in [0.2, 0.25) is 20.1 Å². The molecule has 4 aromatic rings. The molecule has 0 aliphatic carbocycles. The Labute approximate surface area is 297 Å². The number of fused-ring (bicyclic) bond motifs is 1. The molecule has 0 saturated carbocycles. The van der Waals surface area contributed by atoms with E-state index < -0.39 is 0 Å². The van der Waals surface area contributed by atoms with Crippen molar-refractivity contribution in [3.8, 4) is 0 Å². The number of nitrogens with one attached hydrogen (secondary N) is 1. The predicted molar refractivity (Wildman–Crippen MR) is 199 cm³/mol. The molecule has 0 spiro atoms. The van der Waals surface area contributed by atoms with Gasteiger partial charge in [-0.2, -0.15) is 0 Å². The maximum absolute atomic E-state index is 9.20. The molecule has 0 unspecified atom stereocenters. The van der Waals surface area contributed by atoms with Crippen LogP contribution in [0.15, 0.2) is 83.9 Å². The van der Waals surface area contributed by atoms with Gasteiger partial charge in [0.1, 0.15) is 0 Å². The van der Waals surface area contributed by atoms with E-state index in [1.54, 1.807) is 0 Å². The van der Waals surface area contributed by atoms with Crippen LogP contribution in [0.4, 0.5) is 0 Å². The van der Waals surface area contributed by atoms with Crippen molar-refractivity contribution in [2.75, 3.05) is 32.7 Å². The van der Waals surface area contributed by atoms with Gasteiger partial charge in [0.2, 0.25) is 0 Å². The highest BCUT2D eigenvalue weighted by molar-refractivity contribution is 6.42.